The number of nitrogens with zero attached hydrogens (tertiary/aromatic N) is 2. The van der Waals surface area contributed by atoms with Gasteiger partial charge in [0, 0.05) is 17.3 Å². The Labute approximate surface area is 314 Å². The Morgan fingerprint density at radius 1 is 0.556 bits per heavy atom. The summed E-state index contributed by atoms with van der Waals surface area (Å²) in [5, 5.41) is 15.5. The number of aromatic hydroxyl groups is 1. The van der Waals surface area contributed by atoms with Gasteiger partial charge in [-0.15, -0.1) is 0 Å². The number of aromatic nitrogens is 1. The summed E-state index contributed by atoms with van der Waals surface area (Å²) in [6.45, 7) is 6.46. The highest BCUT2D eigenvalue weighted by atomic mass is 16.3. The maximum atomic E-state index is 10.7. The third-order valence-electron chi connectivity index (χ3n) is 10.3. The number of hydrogen-bond acceptors (Lipinski definition) is 4. The van der Waals surface area contributed by atoms with Gasteiger partial charge in [0.2, 0.25) is 5.89 Å². The van der Waals surface area contributed by atoms with Crippen molar-refractivity contribution in [2.75, 3.05) is 0 Å². The van der Waals surface area contributed by atoms with Crippen LogP contribution in [0, 0.1) is 0 Å². The summed E-state index contributed by atoms with van der Waals surface area (Å²) < 4.78 is 6.68. The number of oxazole rings is 1. The predicted molar refractivity (Wildman–Crippen MR) is 225 cm³/mol. The van der Waals surface area contributed by atoms with Crippen LogP contribution in [0.1, 0.15) is 31.9 Å². The van der Waals surface area contributed by atoms with Gasteiger partial charge in [-0.1, -0.05) is 148 Å². The molecule has 0 amide bonds. The fourth-order valence-electron chi connectivity index (χ4n) is 7.33. The second kappa shape index (κ2) is 13.3. The summed E-state index contributed by atoms with van der Waals surface area (Å²) in [7, 11) is 0. The van der Waals surface area contributed by atoms with E-state index in [1.54, 1.807) is 12.3 Å². The Kier molecular flexibility index (Phi) is 8.16. The molecule has 54 heavy (non-hydrogen) atoms. The maximum absolute atomic E-state index is 10.7. The molecule has 0 aliphatic rings. The Balaban J connectivity index is 1.17. The Hall–Kier alpha value is -6.78. The monoisotopic (exact) mass is 698 g/mol. The molecule has 0 atom stereocenters. The molecule has 0 saturated carbocycles. The summed E-state index contributed by atoms with van der Waals surface area (Å²) in [6, 6.07) is 56.5. The van der Waals surface area contributed by atoms with Gasteiger partial charge in [0.25, 0.3) is 0 Å². The van der Waals surface area contributed by atoms with E-state index in [0.717, 1.165) is 49.7 Å². The average molecular weight is 699 g/mol. The molecular formula is C50H38N2O2. The molecule has 1 heterocycles. The molecule has 4 heteroatoms. The Morgan fingerprint density at radius 2 is 1.17 bits per heavy atom. The number of aliphatic imine (C=N–C) groups is 1. The quantitative estimate of drug-likeness (QED) is 0.176. The molecule has 1 N–H and O–H groups in total. The van der Waals surface area contributed by atoms with Crippen molar-refractivity contribution in [2.24, 2.45) is 4.99 Å². The first kappa shape index (κ1) is 33.1. The largest absolute Gasteiger partial charge is 0.507 e. The summed E-state index contributed by atoms with van der Waals surface area (Å²) in [4.78, 5) is 10.0. The number of hydrogen-bond donors (Lipinski definition) is 1. The van der Waals surface area contributed by atoms with Gasteiger partial charge in [0.15, 0.2) is 5.58 Å². The fraction of sp³-hybridized carbons (Fsp3) is 0.0800. The van der Waals surface area contributed by atoms with E-state index in [9.17, 15) is 5.11 Å². The molecule has 0 unspecified atom stereocenters. The second-order valence-corrected chi connectivity index (χ2v) is 14.8. The zero-order valence-electron chi connectivity index (χ0n) is 30.4. The fourth-order valence-corrected chi connectivity index (χ4v) is 7.33. The van der Waals surface area contributed by atoms with Crippen molar-refractivity contribution in [1.29, 1.82) is 0 Å². The first-order valence-corrected chi connectivity index (χ1v) is 18.3. The van der Waals surface area contributed by atoms with Crippen LogP contribution in [0.4, 0.5) is 5.69 Å². The number of para-hydroxylation sites is 1. The van der Waals surface area contributed by atoms with E-state index in [2.05, 4.69) is 142 Å². The lowest BCUT2D eigenvalue weighted by molar-refractivity contribution is 0.473. The molecular weight excluding hydrogens is 661 g/mol. The van der Waals surface area contributed by atoms with Crippen molar-refractivity contribution in [3.63, 3.8) is 0 Å². The van der Waals surface area contributed by atoms with E-state index in [1.807, 2.05) is 36.4 Å². The summed E-state index contributed by atoms with van der Waals surface area (Å²) in [6.07, 6.45) is 1.72. The molecule has 0 radical (unpaired) electrons. The van der Waals surface area contributed by atoms with Gasteiger partial charge < -0.3 is 9.52 Å². The normalized spacial score (nSPS) is 12.0. The molecule has 9 aromatic rings. The first-order chi connectivity index (χ1) is 26.3. The SMILES string of the molecule is CC(C)(C)c1ccc(O)c(C=Nc2ccccc2-c2nc3c(-c4cccc5ccccc45)cc(-c4ccc(-c5cccc6ccccc56)cc4)cc3o2)c1. The molecule has 9 rings (SSSR count). The number of fused-ring (bicyclic) bond motifs is 3. The number of phenolic OH excluding ortho intramolecular Hbond substituents is 1. The van der Waals surface area contributed by atoms with Gasteiger partial charge in [-0.3, -0.25) is 4.99 Å². The van der Waals surface area contributed by atoms with Gasteiger partial charge >= 0.3 is 0 Å². The lowest BCUT2D eigenvalue weighted by Crippen LogP contribution is -2.11. The molecule has 0 spiro atoms. The topological polar surface area (TPSA) is 58.6 Å². The molecule has 0 bridgehead atoms. The van der Waals surface area contributed by atoms with Crippen molar-refractivity contribution < 1.29 is 9.52 Å². The van der Waals surface area contributed by atoms with Crippen LogP contribution >= 0.6 is 0 Å². The molecule has 0 aliphatic heterocycles. The summed E-state index contributed by atoms with van der Waals surface area (Å²) >= 11 is 0. The van der Waals surface area contributed by atoms with Crippen LogP contribution in [0.25, 0.3) is 77.5 Å². The van der Waals surface area contributed by atoms with Crippen molar-refractivity contribution >= 4 is 44.5 Å². The zero-order chi connectivity index (χ0) is 36.8. The number of phenols is 1. The molecule has 1 aromatic heterocycles. The highest BCUT2D eigenvalue weighted by Crippen LogP contribution is 2.41. The standard InChI is InChI=1S/C50H38N2O2/c1-50(2,3)38-26-27-46(53)37(28-38)31-51-45-21-9-8-18-43(45)49-52-48-44(42-20-11-15-34-13-5-7-17-41(34)42)29-36(30-47(48)54-49)32-22-24-35(25-23-32)40-19-10-14-33-12-4-6-16-39(33)40/h4-31,53H,1-3H3. The van der Waals surface area contributed by atoms with Crippen LogP contribution < -0.4 is 0 Å². The lowest BCUT2D eigenvalue weighted by atomic mass is 9.86. The Morgan fingerprint density at radius 3 is 1.91 bits per heavy atom. The zero-order valence-corrected chi connectivity index (χ0v) is 30.4. The van der Waals surface area contributed by atoms with Crippen LogP contribution in [-0.2, 0) is 5.41 Å². The molecule has 260 valence electrons. The van der Waals surface area contributed by atoms with Crippen LogP contribution in [0.2, 0.25) is 0 Å². The minimum atomic E-state index is -0.0636. The predicted octanol–water partition coefficient (Wildman–Crippen LogP) is 13.6. The maximum Gasteiger partial charge on any atom is 0.229 e. The van der Waals surface area contributed by atoms with Gasteiger partial charge in [0.05, 0.1) is 11.3 Å². The van der Waals surface area contributed by atoms with E-state index >= 15 is 0 Å². The van der Waals surface area contributed by atoms with Gasteiger partial charge in [-0.25, -0.2) is 4.98 Å². The highest BCUT2D eigenvalue weighted by Gasteiger charge is 2.19. The van der Waals surface area contributed by atoms with E-state index in [-0.39, 0.29) is 11.2 Å². The first-order valence-electron chi connectivity index (χ1n) is 18.3. The smallest absolute Gasteiger partial charge is 0.229 e. The second-order valence-electron chi connectivity index (χ2n) is 14.8. The van der Waals surface area contributed by atoms with Crippen LogP contribution in [0.15, 0.2) is 173 Å². The summed E-state index contributed by atoms with van der Waals surface area (Å²) in [5.41, 5.74) is 11.2. The molecule has 4 nitrogen and oxygen atoms in total. The van der Waals surface area contributed by atoms with E-state index in [0.29, 0.717) is 22.7 Å². The highest BCUT2D eigenvalue weighted by molar-refractivity contribution is 6.05. The van der Waals surface area contributed by atoms with Crippen molar-refractivity contribution in [3.05, 3.63) is 175 Å². The van der Waals surface area contributed by atoms with Crippen LogP contribution in [0.5, 0.6) is 5.75 Å². The van der Waals surface area contributed by atoms with Crippen LogP contribution in [-0.4, -0.2) is 16.3 Å². The molecule has 0 fully saturated rings. The lowest BCUT2D eigenvalue weighted by Gasteiger charge is -2.19. The van der Waals surface area contributed by atoms with Gasteiger partial charge in [-0.05, 0) is 96.7 Å². The van der Waals surface area contributed by atoms with Gasteiger partial charge in [-0.2, -0.15) is 0 Å². The Bertz CT molecular complexity index is 2860. The van der Waals surface area contributed by atoms with Crippen LogP contribution in [0.3, 0.4) is 0 Å². The number of rotatable bonds is 6. The van der Waals surface area contributed by atoms with E-state index in [4.69, 9.17) is 14.4 Å². The minimum absolute atomic E-state index is 0.0636. The third kappa shape index (κ3) is 6.12. The van der Waals surface area contributed by atoms with E-state index < -0.39 is 0 Å². The van der Waals surface area contributed by atoms with Crippen molar-refractivity contribution in [3.8, 4) is 50.6 Å². The van der Waals surface area contributed by atoms with E-state index in [1.165, 1.54) is 21.9 Å². The molecule has 0 aliphatic carbocycles. The van der Waals surface area contributed by atoms with Gasteiger partial charge in [0.1, 0.15) is 11.3 Å². The third-order valence-corrected chi connectivity index (χ3v) is 10.3. The average Bonchev–Trinajstić information content (AvgIpc) is 3.64. The molecule has 8 aromatic carbocycles. The summed E-state index contributed by atoms with van der Waals surface area (Å²) in [5.74, 6) is 0.666. The molecule has 0 saturated heterocycles. The number of benzene rings is 8. The van der Waals surface area contributed by atoms with Crippen molar-refractivity contribution in [1.82, 2.24) is 4.98 Å². The van der Waals surface area contributed by atoms with Crippen molar-refractivity contribution in [2.45, 2.75) is 26.2 Å². The minimum Gasteiger partial charge on any atom is -0.507 e.